The predicted octanol–water partition coefficient (Wildman–Crippen LogP) is 15.2. The fraction of sp³-hybridized carbons (Fsp3) is 1.00. The van der Waals surface area contributed by atoms with Crippen LogP contribution in [-0.4, -0.2) is 33.6 Å². The van der Waals surface area contributed by atoms with E-state index in [4.69, 9.17) is 0 Å². The maximum absolute atomic E-state index is 11.4. The average Bonchev–Trinajstić information content (AvgIpc) is 3.76. The molecule has 0 heterocycles. The van der Waals surface area contributed by atoms with E-state index in [0.29, 0.717) is 45.3 Å². The van der Waals surface area contributed by atoms with Gasteiger partial charge in [0.15, 0.2) is 0 Å². The third kappa shape index (κ3) is 9.05. The molecule has 0 aromatic heterocycles. The molecule has 8 fully saturated rings. The SMILES string of the molecule is CC[C@H](CC[C@@H](C)[C@H]1CCC2[C@@H]3C(O)C[C@@H]4C[C@@H](O)CC[C@]4(C)C3CC[C@@]21C)C(C)C.CC[C@H](CC[C@@H](C)[C@H]1CCC2[C@@H]3CC[C@@H]4C[C@@H](O)CC[C@]4(C)C3CC[C@@]21C)C(C)C. The number of aliphatic hydroxyl groups excluding tert-OH is 3. The minimum atomic E-state index is -0.141. The monoisotopic (exact) mass is 849 g/mol. The van der Waals surface area contributed by atoms with Crippen LogP contribution in [0.3, 0.4) is 0 Å². The van der Waals surface area contributed by atoms with Crippen molar-refractivity contribution in [2.24, 2.45) is 116 Å². The van der Waals surface area contributed by atoms with Crippen molar-refractivity contribution in [3.05, 3.63) is 0 Å². The fourth-order valence-corrected chi connectivity index (χ4v) is 19.8. The van der Waals surface area contributed by atoms with Crippen molar-refractivity contribution in [1.82, 2.24) is 0 Å². The highest BCUT2D eigenvalue weighted by Crippen LogP contribution is 2.70. The van der Waals surface area contributed by atoms with Crippen LogP contribution in [0.4, 0.5) is 0 Å². The molecule has 0 spiro atoms. The summed E-state index contributed by atoms with van der Waals surface area (Å²) in [5.74, 6) is 13.1. The highest BCUT2D eigenvalue weighted by atomic mass is 16.3. The van der Waals surface area contributed by atoms with Crippen LogP contribution in [0.25, 0.3) is 0 Å². The smallest absolute Gasteiger partial charge is 0.0577 e. The Morgan fingerprint density at radius 2 is 0.869 bits per heavy atom. The zero-order valence-electron chi connectivity index (χ0n) is 42.6. The highest BCUT2D eigenvalue weighted by Gasteiger charge is 2.64. The Hall–Kier alpha value is -0.120. The lowest BCUT2D eigenvalue weighted by Crippen LogP contribution is -2.58. The standard InChI is InChI=1S/C29H52O2.C29H52O/c1-7-20(18(2)3)9-8-19(4)23-10-11-24-27-25(13-15-29(23,24)6)28(5)14-12-22(30)16-21(28)17-26(27)31;1-7-21(19(2)3)9-8-20(4)25-12-13-26-24-11-10-22-18-23(30)14-16-28(22,5)27(24)15-17-29(25,26)6/h18-27,30-31H,7-17H2,1-6H3;19-27,30H,7-18H2,1-6H3/t19-,20-,21+,22+,23-,24?,25?,26?,27+,28+,29-;20-,21-,22-,23+,24+,25-,26?,27?,28+,29-/m11/s1. The molecule has 0 aromatic rings. The molecule has 0 aromatic carbocycles. The van der Waals surface area contributed by atoms with Gasteiger partial charge in [-0.05, 0) is 238 Å². The van der Waals surface area contributed by atoms with Gasteiger partial charge in [-0.3, -0.25) is 0 Å². The summed E-state index contributed by atoms with van der Waals surface area (Å²) in [7, 11) is 0. The lowest BCUT2D eigenvalue weighted by atomic mass is 9.43. The van der Waals surface area contributed by atoms with Crippen molar-refractivity contribution >= 4 is 0 Å². The van der Waals surface area contributed by atoms with Gasteiger partial charge in [0.2, 0.25) is 0 Å². The van der Waals surface area contributed by atoms with Gasteiger partial charge in [0.05, 0.1) is 18.3 Å². The largest absolute Gasteiger partial charge is 0.393 e. The molecule has 0 saturated heterocycles. The van der Waals surface area contributed by atoms with Crippen LogP contribution in [-0.2, 0) is 0 Å². The van der Waals surface area contributed by atoms with E-state index < -0.39 is 0 Å². The molecule has 8 aliphatic carbocycles. The topological polar surface area (TPSA) is 60.7 Å². The van der Waals surface area contributed by atoms with E-state index in [1.54, 1.807) is 0 Å². The molecule has 61 heavy (non-hydrogen) atoms. The summed E-state index contributed by atoms with van der Waals surface area (Å²) in [6.07, 6.45) is 29.8. The lowest BCUT2D eigenvalue weighted by Gasteiger charge is -2.62. The first kappa shape index (κ1) is 48.8. The Kier molecular flexibility index (Phi) is 15.4. The summed E-state index contributed by atoms with van der Waals surface area (Å²) >= 11 is 0. The quantitative estimate of drug-likeness (QED) is 0.183. The van der Waals surface area contributed by atoms with Gasteiger partial charge in [0.25, 0.3) is 0 Å². The molecule has 0 aliphatic heterocycles. The summed E-state index contributed by atoms with van der Waals surface area (Å²) in [5, 5.41) is 32.0. The van der Waals surface area contributed by atoms with Crippen molar-refractivity contribution in [2.45, 2.75) is 249 Å². The lowest BCUT2D eigenvalue weighted by molar-refractivity contribution is -0.174. The molecule has 354 valence electrons. The fourth-order valence-electron chi connectivity index (χ4n) is 19.8. The Morgan fingerprint density at radius 1 is 0.443 bits per heavy atom. The Balaban J connectivity index is 0.000000184. The van der Waals surface area contributed by atoms with E-state index >= 15 is 0 Å². The van der Waals surface area contributed by atoms with Crippen LogP contribution in [0.2, 0.25) is 0 Å². The Labute approximate surface area is 379 Å². The van der Waals surface area contributed by atoms with Gasteiger partial charge in [0.1, 0.15) is 0 Å². The number of hydrogen-bond acceptors (Lipinski definition) is 3. The molecule has 5 unspecified atom stereocenters. The van der Waals surface area contributed by atoms with Gasteiger partial charge in [0, 0.05) is 0 Å². The first-order chi connectivity index (χ1) is 28.8. The van der Waals surface area contributed by atoms with E-state index in [9.17, 15) is 15.3 Å². The van der Waals surface area contributed by atoms with Gasteiger partial charge in [-0.2, -0.15) is 0 Å². The Bertz CT molecular complexity index is 1410. The van der Waals surface area contributed by atoms with Crippen LogP contribution in [0, 0.1) is 116 Å². The first-order valence-corrected chi connectivity index (χ1v) is 27.9. The van der Waals surface area contributed by atoms with Crippen molar-refractivity contribution in [1.29, 1.82) is 0 Å². The predicted molar refractivity (Wildman–Crippen MR) is 258 cm³/mol. The second kappa shape index (κ2) is 19.2. The molecule has 0 bridgehead atoms. The van der Waals surface area contributed by atoms with Gasteiger partial charge in [-0.25, -0.2) is 0 Å². The normalized spacial score (nSPS) is 48.6. The summed E-state index contributed by atoms with van der Waals surface area (Å²) < 4.78 is 0. The van der Waals surface area contributed by atoms with Gasteiger partial charge < -0.3 is 15.3 Å². The van der Waals surface area contributed by atoms with E-state index in [1.807, 2.05) is 0 Å². The molecule has 21 atom stereocenters. The first-order valence-electron chi connectivity index (χ1n) is 27.9. The summed E-state index contributed by atoms with van der Waals surface area (Å²) in [6, 6.07) is 0. The van der Waals surface area contributed by atoms with Crippen molar-refractivity contribution < 1.29 is 15.3 Å². The minimum Gasteiger partial charge on any atom is -0.393 e. The molecule has 8 saturated carbocycles. The zero-order chi connectivity index (χ0) is 44.2. The summed E-state index contributed by atoms with van der Waals surface area (Å²) in [6.45, 7) is 30.1. The molecule has 3 heteroatoms. The van der Waals surface area contributed by atoms with Gasteiger partial charge in [-0.15, -0.1) is 0 Å². The number of hydrogen-bond donors (Lipinski definition) is 3. The van der Waals surface area contributed by atoms with Crippen LogP contribution >= 0.6 is 0 Å². The molecule has 8 rings (SSSR count). The number of fused-ring (bicyclic) bond motifs is 10. The van der Waals surface area contributed by atoms with E-state index in [-0.39, 0.29) is 18.3 Å². The molecule has 0 radical (unpaired) electrons. The third-order valence-electron chi connectivity index (χ3n) is 23.7. The van der Waals surface area contributed by atoms with Crippen LogP contribution in [0.1, 0.15) is 231 Å². The van der Waals surface area contributed by atoms with Gasteiger partial charge in [-0.1, -0.05) is 109 Å². The maximum Gasteiger partial charge on any atom is 0.0577 e. The van der Waals surface area contributed by atoms with E-state index in [1.165, 1.54) is 116 Å². The van der Waals surface area contributed by atoms with E-state index in [0.717, 1.165) is 103 Å². The van der Waals surface area contributed by atoms with Crippen LogP contribution in [0.5, 0.6) is 0 Å². The number of aliphatic hydroxyl groups is 3. The molecule has 3 N–H and O–H groups in total. The summed E-state index contributed by atoms with van der Waals surface area (Å²) in [5.41, 5.74) is 1.91. The second-order valence-electron chi connectivity index (χ2n) is 26.7. The molecular formula is C58H104O3. The second-order valence-corrected chi connectivity index (χ2v) is 26.7. The van der Waals surface area contributed by atoms with Crippen molar-refractivity contribution in [3.8, 4) is 0 Å². The molecule has 3 nitrogen and oxygen atoms in total. The van der Waals surface area contributed by atoms with Crippen LogP contribution in [0.15, 0.2) is 0 Å². The molecular weight excluding hydrogens is 745 g/mol. The Morgan fingerprint density at radius 3 is 1.39 bits per heavy atom. The number of rotatable bonds is 12. The zero-order valence-corrected chi connectivity index (χ0v) is 42.6. The molecule has 8 aliphatic rings. The maximum atomic E-state index is 11.4. The van der Waals surface area contributed by atoms with E-state index in [2.05, 4.69) is 83.1 Å². The van der Waals surface area contributed by atoms with Crippen molar-refractivity contribution in [2.75, 3.05) is 0 Å². The minimum absolute atomic E-state index is 0.0111. The van der Waals surface area contributed by atoms with Gasteiger partial charge >= 0.3 is 0 Å². The highest BCUT2D eigenvalue weighted by molar-refractivity contribution is 5.13. The third-order valence-corrected chi connectivity index (χ3v) is 23.7. The van der Waals surface area contributed by atoms with Crippen molar-refractivity contribution in [3.63, 3.8) is 0 Å². The molecule has 0 amide bonds. The van der Waals surface area contributed by atoms with Crippen LogP contribution < -0.4 is 0 Å². The average molecular weight is 849 g/mol. The summed E-state index contributed by atoms with van der Waals surface area (Å²) in [4.78, 5) is 0.